The Morgan fingerprint density at radius 1 is 1.16 bits per heavy atom. The fraction of sp³-hybridized carbons (Fsp3) is 0.158. The number of amides is 1. The van der Waals surface area contributed by atoms with E-state index in [1.54, 1.807) is 35.5 Å². The summed E-state index contributed by atoms with van der Waals surface area (Å²) in [6.07, 6.45) is 6.04. The second-order valence-corrected chi connectivity index (χ2v) is 5.86. The molecule has 1 aliphatic rings. The van der Waals surface area contributed by atoms with Crippen molar-refractivity contribution in [3.8, 4) is 17.3 Å². The summed E-state index contributed by atoms with van der Waals surface area (Å²) in [5.74, 6) is 0.566. The average Bonchev–Trinajstić information content (AvgIpc) is 3.12. The maximum atomic E-state index is 12.8. The lowest BCUT2D eigenvalue weighted by molar-refractivity contribution is 0.0981. The second kappa shape index (κ2) is 6.21. The third-order valence-electron chi connectivity index (χ3n) is 4.24. The Kier molecular flexibility index (Phi) is 3.75. The summed E-state index contributed by atoms with van der Waals surface area (Å²) in [6, 6.07) is 12.9. The zero-order chi connectivity index (χ0) is 17.2. The molecule has 6 heteroatoms. The summed E-state index contributed by atoms with van der Waals surface area (Å²) in [6.45, 7) is 1.45. The van der Waals surface area contributed by atoms with Gasteiger partial charge >= 0.3 is 0 Å². The Hall–Kier alpha value is -3.46. The molecule has 0 spiro atoms. The van der Waals surface area contributed by atoms with Crippen molar-refractivity contribution in [2.24, 2.45) is 0 Å². The van der Waals surface area contributed by atoms with E-state index in [-0.39, 0.29) is 5.91 Å². The second-order valence-electron chi connectivity index (χ2n) is 5.86. The molecule has 0 saturated carbocycles. The van der Waals surface area contributed by atoms with Gasteiger partial charge in [-0.15, -0.1) is 0 Å². The Labute approximate surface area is 145 Å². The highest BCUT2D eigenvalue weighted by Gasteiger charge is 2.26. The predicted octanol–water partition coefficient (Wildman–Crippen LogP) is 2.87. The molecular formula is C19H15N5O. The molecule has 3 aromatic rings. The minimum Gasteiger partial charge on any atom is -0.316 e. The van der Waals surface area contributed by atoms with Crippen LogP contribution >= 0.6 is 0 Å². The highest BCUT2D eigenvalue weighted by Crippen LogP contribution is 2.27. The fourth-order valence-electron chi connectivity index (χ4n) is 3.02. The van der Waals surface area contributed by atoms with Crippen LogP contribution in [0.1, 0.15) is 22.3 Å². The maximum Gasteiger partial charge on any atom is 0.260 e. The molecule has 4 rings (SSSR count). The van der Waals surface area contributed by atoms with Crippen LogP contribution in [-0.4, -0.2) is 27.0 Å². The molecule has 0 radical (unpaired) electrons. The summed E-state index contributed by atoms with van der Waals surface area (Å²) < 4.78 is 2.00. The van der Waals surface area contributed by atoms with E-state index in [1.165, 1.54) is 0 Å². The number of carbonyl (C=O) groups is 1. The first kappa shape index (κ1) is 15.1. The van der Waals surface area contributed by atoms with Gasteiger partial charge in [0.05, 0.1) is 17.3 Å². The molecule has 2 aromatic heterocycles. The number of nitrogens with zero attached hydrogens (tertiary/aromatic N) is 5. The van der Waals surface area contributed by atoms with Gasteiger partial charge in [-0.2, -0.15) is 5.26 Å². The van der Waals surface area contributed by atoms with Crippen molar-refractivity contribution in [1.82, 2.24) is 14.5 Å². The number of hydrogen-bond acceptors (Lipinski definition) is 4. The first-order chi connectivity index (χ1) is 12.3. The van der Waals surface area contributed by atoms with E-state index in [9.17, 15) is 4.79 Å². The molecule has 0 N–H and O–H groups in total. The number of hydrogen-bond donors (Lipinski definition) is 0. The standard InChI is InChI=1S/C19H15N5O/c20-12-14-3-1-4-16(11-14)17-13-23-9-2-10-24(19(23)22-17)18(25)15-5-7-21-8-6-15/h1,3-8,11,13H,2,9-10H2. The van der Waals surface area contributed by atoms with Crippen LogP contribution < -0.4 is 4.90 Å². The van der Waals surface area contributed by atoms with E-state index in [1.807, 2.05) is 29.0 Å². The molecule has 0 unspecified atom stereocenters. The maximum absolute atomic E-state index is 12.8. The van der Waals surface area contributed by atoms with Crippen molar-refractivity contribution < 1.29 is 4.79 Å². The summed E-state index contributed by atoms with van der Waals surface area (Å²) in [5.41, 5.74) is 2.83. The molecule has 1 aliphatic heterocycles. The number of aryl methyl sites for hydroxylation is 1. The predicted molar refractivity (Wildman–Crippen MR) is 92.9 cm³/mol. The Morgan fingerprint density at radius 2 is 2.00 bits per heavy atom. The Balaban J connectivity index is 1.72. The van der Waals surface area contributed by atoms with E-state index in [0.29, 0.717) is 23.6 Å². The molecule has 0 bridgehead atoms. The zero-order valence-corrected chi connectivity index (χ0v) is 13.5. The number of pyridine rings is 1. The number of aromatic nitrogens is 3. The quantitative estimate of drug-likeness (QED) is 0.724. The minimum atomic E-state index is -0.0775. The molecule has 0 saturated heterocycles. The highest BCUT2D eigenvalue weighted by molar-refractivity contribution is 6.05. The topological polar surface area (TPSA) is 74.8 Å². The van der Waals surface area contributed by atoms with Crippen LogP contribution in [0, 0.1) is 11.3 Å². The Morgan fingerprint density at radius 3 is 2.80 bits per heavy atom. The lowest BCUT2D eigenvalue weighted by atomic mass is 10.1. The van der Waals surface area contributed by atoms with Crippen LogP contribution in [0.5, 0.6) is 0 Å². The van der Waals surface area contributed by atoms with E-state index in [4.69, 9.17) is 5.26 Å². The Bertz CT molecular complexity index is 971. The van der Waals surface area contributed by atoms with Gasteiger partial charge in [0, 0.05) is 42.8 Å². The van der Waals surface area contributed by atoms with E-state index < -0.39 is 0 Å². The van der Waals surface area contributed by atoms with Gasteiger partial charge in [0.2, 0.25) is 5.95 Å². The van der Waals surface area contributed by atoms with Crippen molar-refractivity contribution >= 4 is 11.9 Å². The van der Waals surface area contributed by atoms with Crippen molar-refractivity contribution in [1.29, 1.82) is 5.26 Å². The third-order valence-corrected chi connectivity index (χ3v) is 4.24. The van der Waals surface area contributed by atoms with Crippen molar-refractivity contribution in [3.05, 3.63) is 66.1 Å². The van der Waals surface area contributed by atoms with Crippen molar-refractivity contribution in [2.45, 2.75) is 13.0 Å². The van der Waals surface area contributed by atoms with Gasteiger partial charge in [0.25, 0.3) is 5.91 Å². The summed E-state index contributed by atoms with van der Waals surface area (Å²) in [4.78, 5) is 23.1. The van der Waals surface area contributed by atoms with Crippen LogP contribution in [-0.2, 0) is 6.54 Å². The third kappa shape index (κ3) is 2.76. The molecule has 122 valence electrons. The molecule has 0 aliphatic carbocycles. The minimum absolute atomic E-state index is 0.0775. The van der Waals surface area contributed by atoms with Crippen LogP contribution in [0.3, 0.4) is 0 Å². The fourth-order valence-corrected chi connectivity index (χ4v) is 3.02. The van der Waals surface area contributed by atoms with Gasteiger partial charge in [-0.1, -0.05) is 12.1 Å². The number of rotatable bonds is 2. The number of nitriles is 1. The summed E-state index contributed by atoms with van der Waals surface area (Å²) in [7, 11) is 0. The summed E-state index contributed by atoms with van der Waals surface area (Å²) in [5, 5.41) is 9.08. The van der Waals surface area contributed by atoms with Crippen LogP contribution in [0.15, 0.2) is 55.0 Å². The van der Waals surface area contributed by atoms with Gasteiger partial charge in [-0.25, -0.2) is 4.98 Å². The molecule has 25 heavy (non-hydrogen) atoms. The molecular weight excluding hydrogens is 314 g/mol. The largest absolute Gasteiger partial charge is 0.316 e. The van der Waals surface area contributed by atoms with Crippen LogP contribution in [0.2, 0.25) is 0 Å². The number of benzene rings is 1. The molecule has 1 aromatic carbocycles. The molecule has 0 atom stereocenters. The zero-order valence-electron chi connectivity index (χ0n) is 13.5. The lowest BCUT2D eigenvalue weighted by Gasteiger charge is -2.27. The van der Waals surface area contributed by atoms with Crippen LogP contribution in [0.4, 0.5) is 5.95 Å². The first-order valence-corrected chi connectivity index (χ1v) is 8.06. The normalized spacial score (nSPS) is 13.2. The number of fused-ring (bicyclic) bond motifs is 1. The molecule has 3 heterocycles. The van der Waals surface area contributed by atoms with Gasteiger partial charge in [-0.3, -0.25) is 14.7 Å². The first-order valence-electron chi connectivity index (χ1n) is 8.06. The SMILES string of the molecule is N#Cc1cccc(-c2cn3c(n2)N(C(=O)c2ccncc2)CCC3)c1. The van der Waals surface area contributed by atoms with Gasteiger partial charge < -0.3 is 4.57 Å². The van der Waals surface area contributed by atoms with Crippen molar-refractivity contribution in [2.75, 3.05) is 11.4 Å². The van der Waals surface area contributed by atoms with Gasteiger partial charge in [-0.05, 0) is 30.7 Å². The number of imidazole rings is 1. The number of carbonyl (C=O) groups excluding carboxylic acids is 1. The van der Waals surface area contributed by atoms with E-state index in [0.717, 1.165) is 24.2 Å². The molecule has 6 nitrogen and oxygen atoms in total. The monoisotopic (exact) mass is 329 g/mol. The lowest BCUT2D eigenvalue weighted by Crippen LogP contribution is -2.37. The van der Waals surface area contributed by atoms with Crippen molar-refractivity contribution in [3.63, 3.8) is 0 Å². The number of anilines is 1. The smallest absolute Gasteiger partial charge is 0.260 e. The van der Waals surface area contributed by atoms with E-state index >= 15 is 0 Å². The highest BCUT2D eigenvalue weighted by atomic mass is 16.2. The molecule has 0 fully saturated rings. The average molecular weight is 329 g/mol. The van der Waals surface area contributed by atoms with E-state index in [2.05, 4.69) is 16.0 Å². The molecule has 1 amide bonds. The van der Waals surface area contributed by atoms with Crippen LogP contribution in [0.25, 0.3) is 11.3 Å². The van der Waals surface area contributed by atoms with Gasteiger partial charge in [0.1, 0.15) is 0 Å². The summed E-state index contributed by atoms with van der Waals surface area (Å²) >= 11 is 0. The van der Waals surface area contributed by atoms with Gasteiger partial charge in [0.15, 0.2) is 0 Å².